The van der Waals surface area contributed by atoms with Crippen LogP contribution in [0.1, 0.15) is 29.0 Å². The van der Waals surface area contributed by atoms with Gasteiger partial charge in [-0.05, 0) is 37.0 Å². The van der Waals surface area contributed by atoms with Crippen molar-refractivity contribution in [1.82, 2.24) is 19.4 Å². The summed E-state index contributed by atoms with van der Waals surface area (Å²) in [4.78, 5) is 34.1. The van der Waals surface area contributed by atoms with Crippen LogP contribution in [0.3, 0.4) is 0 Å². The van der Waals surface area contributed by atoms with Crippen LogP contribution >= 0.6 is 0 Å². The lowest BCUT2D eigenvalue weighted by Crippen LogP contribution is -2.39. The molecule has 0 radical (unpaired) electrons. The number of nitrogens with one attached hydrogen (secondary N) is 1. The van der Waals surface area contributed by atoms with Crippen molar-refractivity contribution in [3.8, 4) is 0 Å². The highest BCUT2D eigenvalue weighted by Crippen LogP contribution is 2.23. The standard InChI is InChI=1S/C20H22N4O2/c1-23-13-15(6-7-19(23)25)20(26)24-10-8-14(9-11-24)12-18-21-16-4-2-3-5-17(16)22-18/h2-7,13-14H,8-12H2,1H3,(H,21,22). The number of likely N-dealkylation sites (tertiary alicyclic amines) is 1. The van der Waals surface area contributed by atoms with Crippen molar-refractivity contribution in [3.63, 3.8) is 0 Å². The molecule has 0 unspecified atom stereocenters. The fourth-order valence-electron chi connectivity index (χ4n) is 3.62. The van der Waals surface area contributed by atoms with E-state index in [-0.39, 0.29) is 11.5 Å². The van der Waals surface area contributed by atoms with Crippen LogP contribution in [-0.2, 0) is 13.5 Å². The molecule has 0 spiro atoms. The molecule has 26 heavy (non-hydrogen) atoms. The Labute approximate surface area is 151 Å². The van der Waals surface area contributed by atoms with Crippen LogP contribution in [0.4, 0.5) is 0 Å². The number of pyridine rings is 1. The van der Waals surface area contributed by atoms with Gasteiger partial charge in [-0.2, -0.15) is 0 Å². The molecule has 4 rings (SSSR count). The number of rotatable bonds is 3. The van der Waals surface area contributed by atoms with Crippen molar-refractivity contribution in [2.45, 2.75) is 19.3 Å². The Morgan fingerprint density at radius 1 is 1.19 bits per heavy atom. The number of benzene rings is 1. The monoisotopic (exact) mass is 350 g/mol. The third kappa shape index (κ3) is 3.27. The summed E-state index contributed by atoms with van der Waals surface area (Å²) >= 11 is 0. The summed E-state index contributed by atoms with van der Waals surface area (Å²) in [6.45, 7) is 1.49. The van der Waals surface area contributed by atoms with Crippen LogP contribution in [0, 0.1) is 5.92 Å². The molecule has 6 heteroatoms. The molecule has 2 aromatic heterocycles. The number of imidazole rings is 1. The van der Waals surface area contributed by atoms with Gasteiger partial charge in [0, 0.05) is 38.8 Å². The Kier molecular flexibility index (Phi) is 4.32. The minimum absolute atomic E-state index is 0.00258. The number of hydrogen-bond acceptors (Lipinski definition) is 3. The second-order valence-corrected chi connectivity index (χ2v) is 7.01. The molecule has 3 heterocycles. The highest BCUT2D eigenvalue weighted by molar-refractivity contribution is 5.93. The topological polar surface area (TPSA) is 71.0 Å². The van der Waals surface area contributed by atoms with Crippen molar-refractivity contribution >= 4 is 16.9 Å². The normalized spacial score (nSPS) is 15.5. The van der Waals surface area contributed by atoms with Gasteiger partial charge in [0.1, 0.15) is 5.82 Å². The van der Waals surface area contributed by atoms with Gasteiger partial charge in [0.15, 0.2) is 0 Å². The van der Waals surface area contributed by atoms with Crippen LogP contribution in [0.25, 0.3) is 11.0 Å². The largest absolute Gasteiger partial charge is 0.342 e. The molecule has 1 aliphatic rings. The number of piperidine rings is 1. The lowest BCUT2D eigenvalue weighted by atomic mass is 9.93. The van der Waals surface area contributed by atoms with E-state index in [4.69, 9.17) is 0 Å². The van der Waals surface area contributed by atoms with Crippen LogP contribution in [0.15, 0.2) is 47.4 Å². The van der Waals surface area contributed by atoms with Gasteiger partial charge in [0.05, 0.1) is 16.6 Å². The molecule has 0 saturated carbocycles. The second kappa shape index (κ2) is 6.78. The van der Waals surface area contributed by atoms with Gasteiger partial charge in [-0.15, -0.1) is 0 Å². The van der Waals surface area contributed by atoms with E-state index >= 15 is 0 Å². The van der Waals surface area contributed by atoms with Gasteiger partial charge >= 0.3 is 0 Å². The Hall–Kier alpha value is -2.89. The highest BCUT2D eigenvalue weighted by Gasteiger charge is 2.24. The van der Waals surface area contributed by atoms with Gasteiger partial charge in [0.25, 0.3) is 5.91 Å². The third-order valence-electron chi connectivity index (χ3n) is 5.15. The molecule has 1 N–H and O–H groups in total. The second-order valence-electron chi connectivity index (χ2n) is 7.01. The van der Waals surface area contributed by atoms with Gasteiger partial charge in [-0.1, -0.05) is 12.1 Å². The lowest BCUT2D eigenvalue weighted by Gasteiger charge is -2.31. The number of fused-ring (bicyclic) bond motifs is 1. The van der Waals surface area contributed by atoms with E-state index in [1.807, 2.05) is 29.2 Å². The molecule has 3 aromatic rings. The molecular formula is C20H22N4O2. The number of para-hydroxylation sites is 2. The number of aromatic amines is 1. The summed E-state index contributed by atoms with van der Waals surface area (Å²) in [5, 5.41) is 0. The lowest BCUT2D eigenvalue weighted by molar-refractivity contribution is 0.0689. The average molecular weight is 350 g/mol. The number of nitrogens with zero attached hydrogens (tertiary/aromatic N) is 3. The Morgan fingerprint density at radius 2 is 1.96 bits per heavy atom. The average Bonchev–Trinajstić information content (AvgIpc) is 3.06. The number of aryl methyl sites for hydroxylation is 1. The van der Waals surface area contributed by atoms with E-state index in [1.54, 1.807) is 19.3 Å². The van der Waals surface area contributed by atoms with Gasteiger partial charge < -0.3 is 14.5 Å². The van der Waals surface area contributed by atoms with Crippen LogP contribution in [0.5, 0.6) is 0 Å². The third-order valence-corrected chi connectivity index (χ3v) is 5.15. The number of hydrogen-bond donors (Lipinski definition) is 1. The molecule has 1 saturated heterocycles. The van der Waals surface area contributed by atoms with E-state index in [0.717, 1.165) is 49.2 Å². The summed E-state index contributed by atoms with van der Waals surface area (Å²) in [6.07, 6.45) is 4.46. The smallest absolute Gasteiger partial charge is 0.255 e. The molecule has 1 aliphatic heterocycles. The minimum atomic E-state index is -0.105. The molecular weight excluding hydrogens is 328 g/mol. The highest BCUT2D eigenvalue weighted by atomic mass is 16.2. The summed E-state index contributed by atoms with van der Waals surface area (Å²) in [5.41, 5.74) is 2.54. The maximum atomic E-state index is 12.6. The first-order valence-corrected chi connectivity index (χ1v) is 9.00. The van der Waals surface area contributed by atoms with Crippen LogP contribution < -0.4 is 5.56 Å². The number of H-pyrrole nitrogens is 1. The summed E-state index contributed by atoms with van der Waals surface area (Å²) in [5.74, 6) is 1.55. The van der Waals surface area contributed by atoms with E-state index in [1.165, 1.54) is 10.6 Å². The Morgan fingerprint density at radius 3 is 2.69 bits per heavy atom. The van der Waals surface area contributed by atoms with Gasteiger partial charge in [0.2, 0.25) is 5.56 Å². The summed E-state index contributed by atoms with van der Waals surface area (Å²) in [7, 11) is 1.67. The Balaban J connectivity index is 1.38. The first-order valence-electron chi connectivity index (χ1n) is 9.00. The van der Waals surface area contributed by atoms with Crippen molar-refractivity contribution in [3.05, 3.63) is 64.3 Å². The zero-order valence-electron chi connectivity index (χ0n) is 14.8. The van der Waals surface area contributed by atoms with Crippen molar-refractivity contribution < 1.29 is 4.79 Å². The molecule has 1 fully saturated rings. The fraction of sp³-hybridized carbons (Fsp3) is 0.350. The van der Waals surface area contributed by atoms with Gasteiger partial charge in [-0.3, -0.25) is 9.59 Å². The molecule has 0 bridgehead atoms. The minimum Gasteiger partial charge on any atom is -0.342 e. The first kappa shape index (κ1) is 16.6. The fourth-order valence-corrected chi connectivity index (χ4v) is 3.62. The van der Waals surface area contributed by atoms with E-state index in [9.17, 15) is 9.59 Å². The first-order chi connectivity index (χ1) is 12.6. The zero-order valence-corrected chi connectivity index (χ0v) is 14.8. The quantitative estimate of drug-likeness (QED) is 0.788. The molecule has 6 nitrogen and oxygen atoms in total. The number of aromatic nitrogens is 3. The van der Waals surface area contributed by atoms with Crippen LogP contribution in [-0.4, -0.2) is 38.4 Å². The molecule has 1 amide bonds. The zero-order chi connectivity index (χ0) is 18.1. The summed E-state index contributed by atoms with van der Waals surface area (Å²) < 4.78 is 1.45. The molecule has 0 aliphatic carbocycles. The summed E-state index contributed by atoms with van der Waals surface area (Å²) in [6, 6.07) is 11.1. The van der Waals surface area contributed by atoms with E-state index < -0.39 is 0 Å². The van der Waals surface area contributed by atoms with Crippen LogP contribution in [0.2, 0.25) is 0 Å². The predicted octanol–water partition coefficient (Wildman–Crippen LogP) is 2.36. The van der Waals surface area contributed by atoms with E-state index in [2.05, 4.69) is 9.97 Å². The predicted molar refractivity (Wildman–Crippen MR) is 100 cm³/mol. The van der Waals surface area contributed by atoms with Crippen molar-refractivity contribution in [2.24, 2.45) is 13.0 Å². The van der Waals surface area contributed by atoms with E-state index in [0.29, 0.717) is 11.5 Å². The maximum Gasteiger partial charge on any atom is 0.255 e. The number of amides is 1. The number of carbonyl (C=O) groups excluding carboxylic acids is 1. The molecule has 134 valence electrons. The maximum absolute atomic E-state index is 12.6. The SMILES string of the molecule is Cn1cc(C(=O)N2CCC(Cc3nc4ccccc4[nH]3)CC2)ccc1=O. The van der Waals surface area contributed by atoms with Crippen molar-refractivity contribution in [1.29, 1.82) is 0 Å². The van der Waals surface area contributed by atoms with Gasteiger partial charge in [-0.25, -0.2) is 4.98 Å². The molecule has 1 aromatic carbocycles. The van der Waals surface area contributed by atoms with Crippen molar-refractivity contribution in [2.75, 3.05) is 13.1 Å². The Bertz CT molecular complexity index is 963. The molecule has 0 atom stereocenters. The number of carbonyl (C=O) groups is 1.